The number of hydrogen-bond acceptors (Lipinski definition) is 3. The highest BCUT2D eigenvalue weighted by Crippen LogP contribution is 1.98. The van der Waals surface area contributed by atoms with Gasteiger partial charge >= 0.3 is 0 Å². The molecule has 0 fully saturated rings. The van der Waals surface area contributed by atoms with Gasteiger partial charge in [0.05, 0.1) is 13.1 Å². The molecule has 2 aromatic rings. The van der Waals surface area contributed by atoms with Crippen molar-refractivity contribution in [2.45, 2.75) is 0 Å². The summed E-state index contributed by atoms with van der Waals surface area (Å²) in [4.78, 5) is 9.21. The molecule has 0 amide bonds. The predicted octanol–water partition coefficient (Wildman–Crippen LogP) is 0.275. The van der Waals surface area contributed by atoms with Gasteiger partial charge in [0.25, 0.3) is 0 Å². The minimum Gasteiger partial charge on any atom is -0.321 e. The van der Waals surface area contributed by atoms with Gasteiger partial charge in [0, 0.05) is 64.5 Å². The summed E-state index contributed by atoms with van der Waals surface area (Å²) in [5.74, 6) is 2.06. The molecular weight excluding hydrogens is 284 g/mol. The summed E-state index contributed by atoms with van der Waals surface area (Å²) in [5, 5.41) is 0. The second kappa shape index (κ2) is 7.40. The first-order valence-electron chi connectivity index (χ1n) is 7.04. The van der Waals surface area contributed by atoms with E-state index in [9.17, 15) is 0 Å². The lowest BCUT2D eigenvalue weighted by Crippen LogP contribution is -2.22. The van der Waals surface area contributed by atoms with E-state index < -0.39 is 0 Å². The Morgan fingerprint density at radius 3 is 1.38 bits per heavy atom. The molecule has 0 aliphatic rings. The summed E-state index contributed by atoms with van der Waals surface area (Å²) in [6, 6.07) is 0. The first-order chi connectivity index (χ1) is 10.1. The van der Waals surface area contributed by atoms with Crippen LogP contribution in [0, 0.1) is 0 Å². The Bertz CT molecular complexity index is 594. The Morgan fingerprint density at radius 2 is 1.05 bits per heavy atom. The normalized spacial score (nSPS) is 10.9. The molecule has 0 saturated carbocycles. The number of hydrogen-bond donors (Lipinski definition) is 0. The van der Waals surface area contributed by atoms with Crippen molar-refractivity contribution in [1.82, 2.24) is 18.3 Å². The van der Waals surface area contributed by atoms with E-state index in [4.69, 9.17) is 0 Å². The average Bonchev–Trinajstić information content (AvgIpc) is 2.94. The maximum Gasteiger partial charge on any atom is 0.204 e. The molecular formula is C14H24N6S. The van der Waals surface area contributed by atoms with E-state index >= 15 is 0 Å². The van der Waals surface area contributed by atoms with Gasteiger partial charge in [-0.3, -0.25) is 9.98 Å². The highest BCUT2D eigenvalue weighted by Gasteiger charge is 1.94. The van der Waals surface area contributed by atoms with Crippen molar-refractivity contribution in [3.05, 3.63) is 36.0 Å². The van der Waals surface area contributed by atoms with Gasteiger partial charge in [-0.25, -0.2) is 0 Å². The zero-order chi connectivity index (χ0) is 15.2. The van der Waals surface area contributed by atoms with Crippen molar-refractivity contribution in [2.75, 3.05) is 24.6 Å². The number of nitrogens with zero attached hydrogens (tertiary/aromatic N) is 6. The Balaban J connectivity index is 1.74. The molecule has 0 N–H and O–H groups in total. The van der Waals surface area contributed by atoms with Crippen molar-refractivity contribution in [3.63, 3.8) is 0 Å². The molecule has 0 bridgehead atoms. The second-order valence-corrected chi connectivity index (χ2v) is 6.24. The maximum absolute atomic E-state index is 4.61. The molecule has 0 radical (unpaired) electrons. The lowest BCUT2D eigenvalue weighted by molar-refractivity contribution is 0.724. The monoisotopic (exact) mass is 308 g/mol. The second-order valence-electron chi connectivity index (χ2n) is 5.02. The van der Waals surface area contributed by atoms with Gasteiger partial charge in [-0.05, 0) is 0 Å². The van der Waals surface area contributed by atoms with E-state index in [1.807, 2.05) is 83.0 Å². The van der Waals surface area contributed by atoms with Crippen LogP contribution in [-0.2, 0) is 28.2 Å². The zero-order valence-corrected chi connectivity index (χ0v) is 14.0. The summed E-state index contributed by atoms with van der Waals surface area (Å²) < 4.78 is 8.15. The van der Waals surface area contributed by atoms with Crippen molar-refractivity contribution < 1.29 is 0 Å². The van der Waals surface area contributed by atoms with Crippen LogP contribution in [0.2, 0.25) is 0 Å². The fourth-order valence-electron chi connectivity index (χ4n) is 2.13. The van der Waals surface area contributed by atoms with Gasteiger partial charge < -0.3 is 18.3 Å². The van der Waals surface area contributed by atoms with Crippen molar-refractivity contribution in [2.24, 2.45) is 38.2 Å². The Hall–Kier alpha value is -1.63. The number of imidazole rings is 2. The molecule has 2 aromatic heterocycles. The summed E-state index contributed by atoms with van der Waals surface area (Å²) in [5.41, 5.74) is 2.02. The smallest absolute Gasteiger partial charge is 0.204 e. The van der Waals surface area contributed by atoms with Gasteiger partial charge in [-0.2, -0.15) is 11.8 Å². The van der Waals surface area contributed by atoms with E-state index in [2.05, 4.69) is 9.98 Å². The van der Waals surface area contributed by atoms with Crippen LogP contribution >= 0.6 is 11.8 Å². The lowest BCUT2D eigenvalue weighted by Gasteiger charge is -1.98. The van der Waals surface area contributed by atoms with Crippen LogP contribution < -0.4 is 11.2 Å². The summed E-state index contributed by atoms with van der Waals surface area (Å²) in [6.07, 6.45) is 8.07. The number of rotatable bonds is 6. The predicted molar refractivity (Wildman–Crippen MR) is 87.0 cm³/mol. The lowest BCUT2D eigenvalue weighted by atomic mass is 10.8. The third-order valence-electron chi connectivity index (χ3n) is 3.27. The fourth-order valence-corrected chi connectivity index (χ4v) is 2.78. The molecule has 2 heterocycles. The summed E-state index contributed by atoms with van der Waals surface area (Å²) in [6.45, 7) is 1.68. The van der Waals surface area contributed by atoms with Crippen LogP contribution in [0.3, 0.4) is 0 Å². The first-order valence-corrected chi connectivity index (χ1v) is 8.19. The van der Waals surface area contributed by atoms with E-state index in [0.29, 0.717) is 0 Å². The molecule has 116 valence electrons. The molecule has 0 aromatic carbocycles. The van der Waals surface area contributed by atoms with Gasteiger partial charge in [-0.15, -0.1) is 0 Å². The topological polar surface area (TPSA) is 44.4 Å². The highest BCUT2D eigenvalue weighted by molar-refractivity contribution is 7.99. The summed E-state index contributed by atoms with van der Waals surface area (Å²) >= 11 is 1.90. The van der Waals surface area contributed by atoms with Crippen molar-refractivity contribution in [1.29, 1.82) is 0 Å². The molecule has 0 aliphatic heterocycles. The van der Waals surface area contributed by atoms with Crippen molar-refractivity contribution in [3.8, 4) is 0 Å². The molecule has 0 spiro atoms. The van der Waals surface area contributed by atoms with Crippen molar-refractivity contribution >= 4 is 11.8 Å². The van der Waals surface area contributed by atoms with E-state index in [-0.39, 0.29) is 0 Å². The van der Waals surface area contributed by atoms with E-state index in [1.54, 1.807) is 0 Å². The average molecular weight is 308 g/mol. The Morgan fingerprint density at radius 1 is 0.714 bits per heavy atom. The molecule has 6 nitrogen and oxygen atoms in total. The van der Waals surface area contributed by atoms with E-state index in [0.717, 1.165) is 35.8 Å². The zero-order valence-electron chi connectivity index (χ0n) is 13.2. The van der Waals surface area contributed by atoms with Gasteiger partial charge in [-0.1, -0.05) is 0 Å². The molecule has 21 heavy (non-hydrogen) atoms. The standard InChI is InChI=1S/C14H24N6S/c1-17-7-8-18(2)13(17)15-5-11-21-12-6-16-14-19(3)9-10-20(14)4/h7-10H,5-6,11-12H2,1-4H3. The Kier molecular flexibility index (Phi) is 5.55. The quantitative estimate of drug-likeness (QED) is 0.707. The minimum absolute atomic E-state index is 0.842. The third kappa shape index (κ3) is 4.17. The van der Waals surface area contributed by atoms with Crippen LogP contribution in [-0.4, -0.2) is 42.9 Å². The number of aromatic nitrogens is 4. The van der Waals surface area contributed by atoms with Crippen LogP contribution in [0.25, 0.3) is 0 Å². The highest BCUT2D eigenvalue weighted by atomic mass is 32.2. The molecule has 0 atom stereocenters. The minimum atomic E-state index is 0.842. The third-order valence-corrected chi connectivity index (χ3v) is 4.21. The molecule has 0 saturated heterocycles. The largest absolute Gasteiger partial charge is 0.321 e. The molecule has 0 aliphatic carbocycles. The maximum atomic E-state index is 4.61. The van der Waals surface area contributed by atoms with Crippen LogP contribution in [0.4, 0.5) is 0 Å². The number of aryl methyl sites for hydroxylation is 4. The molecule has 7 heteroatoms. The Labute approximate surface area is 129 Å². The molecule has 0 unspecified atom stereocenters. The van der Waals surface area contributed by atoms with Crippen LogP contribution in [0.1, 0.15) is 0 Å². The number of thioether (sulfide) groups is 1. The van der Waals surface area contributed by atoms with Gasteiger partial charge in [0.15, 0.2) is 0 Å². The summed E-state index contributed by atoms with van der Waals surface area (Å²) in [7, 11) is 8.07. The van der Waals surface area contributed by atoms with Gasteiger partial charge in [0.2, 0.25) is 11.2 Å². The van der Waals surface area contributed by atoms with Crippen LogP contribution in [0.15, 0.2) is 34.8 Å². The van der Waals surface area contributed by atoms with E-state index in [1.165, 1.54) is 0 Å². The van der Waals surface area contributed by atoms with Crippen LogP contribution in [0.5, 0.6) is 0 Å². The van der Waals surface area contributed by atoms with Gasteiger partial charge in [0.1, 0.15) is 0 Å². The SMILES string of the molecule is Cn1ccn(C)c1=NCCSCCN=c1n(C)ccn1C. The first kappa shape index (κ1) is 15.8. The molecule has 2 rings (SSSR count). The fraction of sp³-hybridized carbons (Fsp3) is 0.571.